The van der Waals surface area contributed by atoms with E-state index >= 15 is 0 Å². The number of rotatable bonds is 2. The Labute approximate surface area is 160 Å². The molecule has 3 aliphatic rings. The highest BCUT2D eigenvalue weighted by atomic mass is 35.5. The van der Waals surface area contributed by atoms with Crippen LogP contribution < -0.4 is 5.32 Å². The second-order valence-electron chi connectivity index (χ2n) is 7.75. The lowest BCUT2D eigenvalue weighted by Crippen LogP contribution is -2.65. The third-order valence-electron chi connectivity index (χ3n) is 6.23. The first kappa shape index (κ1) is 18.4. The van der Waals surface area contributed by atoms with Gasteiger partial charge in [-0.05, 0) is 55.9 Å². The monoisotopic (exact) mass is 397 g/mol. The number of nitrogens with one attached hydrogen (secondary N) is 1. The van der Waals surface area contributed by atoms with E-state index in [0.717, 1.165) is 18.4 Å². The maximum atomic E-state index is 12.9. The highest BCUT2D eigenvalue weighted by Gasteiger charge is 2.54. The van der Waals surface area contributed by atoms with E-state index in [9.17, 15) is 18.0 Å². The van der Waals surface area contributed by atoms with Crippen LogP contribution in [0.2, 0.25) is 5.02 Å². The Morgan fingerprint density at radius 3 is 2.48 bits per heavy atom. The summed E-state index contributed by atoms with van der Waals surface area (Å²) >= 11 is 6.26. The number of anilines is 1. The molecule has 2 amide bonds. The smallest absolute Gasteiger partial charge is 0.318 e. The van der Waals surface area contributed by atoms with E-state index in [4.69, 9.17) is 16.9 Å². The Kier molecular flexibility index (Phi) is 4.50. The number of benzene rings is 1. The van der Waals surface area contributed by atoms with Crippen molar-refractivity contribution < 1.29 is 18.0 Å². The molecule has 0 aromatic heterocycles. The lowest BCUT2D eigenvalue weighted by atomic mass is 9.71. The normalized spacial score (nSPS) is 32.1. The number of piperidine rings is 1. The molecule has 8 heteroatoms. The SMILES string of the molecule is N#C[C@@H]1CCC1c1cc(NC(=O)N2C3CC2CC(C(F)(F)F)C3)ccc1Cl. The number of amides is 2. The van der Waals surface area contributed by atoms with Gasteiger partial charge in [-0.15, -0.1) is 0 Å². The lowest BCUT2D eigenvalue weighted by Gasteiger charge is -2.55. The van der Waals surface area contributed by atoms with Crippen molar-refractivity contribution in [3.8, 4) is 6.07 Å². The summed E-state index contributed by atoms with van der Waals surface area (Å²) in [5, 5.41) is 12.5. The van der Waals surface area contributed by atoms with Crippen molar-refractivity contribution in [1.29, 1.82) is 5.26 Å². The largest absolute Gasteiger partial charge is 0.391 e. The first-order chi connectivity index (χ1) is 12.8. The molecule has 144 valence electrons. The number of halogens is 4. The molecule has 3 fully saturated rings. The van der Waals surface area contributed by atoms with Gasteiger partial charge in [0.1, 0.15) is 0 Å². The predicted molar refractivity (Wildman–Crippen MR) is 94.4 cm³/mol. The average molecular weight is 398 g/mol. The van der Waals surface area contributed by atoms with E-state index in [1.807, 2.05) is 0 Å². The first-order valence-corrected chi connectivity index (χ1v) is 9.51. The average Bonchev–Trinajstić information content (AvgIpc) is 2.56. The topological polar surface area (TPSA) is 56.1 Å². The molecule has 1 N–H and O–H groups in total. The van der Waals surface area contributed by atoms with E-state index in [1.54, 1.807) is 18.2 Å². The van der Waals surface area contributed by atoms with Crippen LogP contribution >= 0.6 is 11.6 Å². The van der Waals surface area contributed by atoms with E-state index in [-0.39, 0.29) is 42.8 Å². The summed E-state index contributed by atoms with van der Waals surface area (Å²) in [4.78, 5) is 14.1. The number of hydrogen-bond donors (Lipinski definition) is 1. The number of nitrogens with zero attached hydrogens (tertiary/aromatic N) is 2. The van der Waals surface area contributed by atoms with Gasteiger partial charge in [-0.3, -0.25) is 0 Å². The maximum Gasteiger partial charge on any atom is 0.391 e. The van der Waals surface area contributed by atoms with Crippen molar-refractivity contribution in [3.05, 3.63) is 28.8 Å². The standard InChI is InChI=1S/C19H19ClF3N3O/c20-17-4-2-12(7-16(17)15-3-1-10(15)9-24)25-18(27)26-13-5-11(19(21,22)23)6-14(26)8-13/h2,4,7,10-11,13-15H,1,3,5-6,8H2,(H,25,27)/t10-,11?,13?,14?,15?/m0/s1. The van der Waals surface area contributed by atoms with Gasteiger partial charge >= 0.3 is 12.2 Å². The predicted octanol–water partition coefficient (Wildman–Crippen LogP) is 5.30. The maximum absolute atomic E-state index is 12.9. The van der Waals surface area contributed by atoms with Crippen molar-refractivity contribution in [2.45, 2.75) is 56.3 Å². The number of carbonyl (C=O) groups is 1. The van der Waals surface area contributed by atoms with Gasteiger partial charge in [-0.1, -0.05) is 11.6 Å². The zero-order valence-electron chi connectivity index (χ0n) is 14.5. The van der Waals surface area contributed by atoms with Crippen molar-refractivity contribution in [2.24, 2.45) is 11.8 Å². The summed E-state index contributed by atoms with van der Waals surface area (Å²) in [5.74, 6) is -1.31. The van der Waals surface area contributed by atoms with Crippen LogP contribution in [0, 0.1) is 23.2 Å². The molecule has 4 rings (SSSR count). The molecule has 0 spiro atoms. The van der Waals surface area contributed by atoms with Crippen molar-refractivity contribution >= 4 is 23.3 Å². The number of alkyl halides is 3. The van der Waals surface area contributed by atoms with Gasteiger partial charge in [0.25, 0.3) is 0 Å². The molecule has 2 saturated carbocycles. The Morgan fingerprint density at radius 1 is 1.22 bits per heavy atom. The van der Waals surface area contributed by atoms with Crippen LogP contribution in [0.3, 0.4) is 0 Å². The molecule has 1 aliphatic heterocycles. The van der Waals surface area contributed by atoms with Crippen LogP contribution in [0.25, 0.3) is 0 Å². The van der Waals surface area contributed by atoms with Crippen LogP contribution in [0.1, 0.15) is 43.6 Å². The minimum absolute atomic E-state index is 0.0226. The summed E-state index contributed by atoms with van der Waals surface area (Å²) < 4.78 is 38.7. The zero-order chi connectivity index (χ0) is 19.3. The quantitative estimate of drug-likeness (QED) is 0.735. The van der Waals surface area contributed by atoms with Crippen LogP contribution in [0.4, 0.5) is 23.7 Å². The van der Waals surface area contributed by atoms with Gasteiger partial charge in [-0.2, -0.15) is 18.4 Å². The number of likely N-dealkylation sites (tertiary alicyclic amines) is 1. The van der Waals surface area contributed by atoms with Gasteiger partial charge in [0, 0.05) is 28.7 Å². The van der Waals surface area contributed by atoms with Crippen LogP contribution in [-0.4, -0.2) is 29.2 Å². The highest BCUT2D eigenvalue weighted by Crippen LogP contribution is 2.48. The zero-order valence-corrected chi connectivity index (χ0v) is 15.2. The molecule has 4 nitrogen and oxygen atoms in total. The molecule has 1 aromatic rings. The van der Waals surface area contributed by atoms with Crippen molar-refractivity contribution in [2.75, 3.05) is 5.32 Å². The summed E-state index contributed by atoms with van der Waals surface area (Å²) in [6, 6.07) is 6.35. The molecule has 1 saturated heterocycles. The molecule has 0 radical (unpaired) electrons. The van der Waals surface area contributed by atoms with E-state index < -0.39 is 12.1 Å². The van der Waals surface area contributed by atoms with Crippen LogP contribution in [0.5, 0.6) is 0 Å². The lowest BCUT2D eigenvalue weighted by molar-refractivity contribution is -0.205. The minimum atomic E-state index is -4.19. The Morgan fingerprint density at radius 2 is 1.93 bits per heavy atom. The van der Waals surface area contributed by atoms with Gasteiger partial charge in [-0.25, -0.2) is 4.79 Å². The summed E-state index contributed by atoms with van der Waals surface area (Å²) in [6.45, 7) is 0. The number of urea groups is 1. The van der Waals surface area contributed by atoms with Gasteiger partial charge < -0.3 is 10.2 Å². The van der Waals surface area contributed by atoms with Crippen LogP contribution in [0.15, 0.2) is 18.2 Å². The molecule has 27 heavy (non-hydrogen) atoms. The van der Waals surface area contributed by atoms with Gasteiger partial charge in [0.15, 0.2) is 0 Å². The molecule has 2 bridgehead atoms. The van der Waals surface area contributed by atoms with E-state index in [0.29, 0.717) is 17.1 Å². The molecular formula is C19H19ClF3N3O. The third kappa shape index (κ3) is 3.25. The Balaban J connectivity index is 1.43. The number of hydrogen-bond acceptors (Lipinski definition) is 2. The van der Waals surface area contributed by atoms with Crippen molar-refractivity contribution in [1.82, 2.24) is 4.90 Å². The molecule has 4 atom stereocenters. The number of carbonyl (C=O) groups excluding carboxylic acids is 1. The molecule has 3 unspecified atom stereocenters. The second-order valence-corrected chi connectivity index (χ2v) is 8.15. The summed E-state index contributed by atoms with van der Waals surface area (Å²) in [7, 11) is 0. The van der Waals surface area contributed by atoms with Gasteiger partial charge in [0.05, 0.1) is 17.9 Å². The third-order valence-corrected chi connectivity index (χ3v) is 6.57. The molecule has 1 aromatic carbocycles. The van der Waals surface area contributed by atoms with Crippen molar-refractivity contribution in [3.63, 3.8) is 0 Å². The fraction of sp³-hybridized carbons (Fsp3) is 0.579. The minimum Gasteiger partial charge on any atom is -0.318 e. The second kappa shape index (κ2) is 6.59. The molecular weight excluding hydrogens is 379 g/mol. The number of fused-ring (bicyclic) bond motifs is 2. The molecule has 2 aliphatic carbocycles. The summed E-state index contributed by atoms with van der Waals surface area (Å²) in [6.07, 6.45) is -1.88. The van der Waals surface area contributed by atoms with Crippen LogP contribution in [-0.2, 0) is 0 Å². The fourth-order valence-corrected chi connectivity index (χ4v) is 4.85. The Bertz CT molecular complexity index is 794. The Hall–Kier alpha value is -1.94. The molecule has 1 heterocycles. The van der Waals surface area contributed by atoms with E-state index in [1.165, 1.54) is 4.90 Å². The highest BCUT2D eigenvalue weighted by molar-refractivity contribution is 6.31. The fourth-order valence-electron chi connectivity index (χ4n) is 4.59. The van der Waals surface area contributed by atoms with E-state index in [2.05, 4.69) is 11.4 Å². The first-order valence-electron chi connectivity index (χ1n) is 9.13. The summed E-state index contributed by atoms with van der Waals surface area (Å²) in [5.41, 5.74) is 1.40. The number of nitriles is 1. The van der Waals surface area contributed by atoms with Gasteiger partial charge in [0.2, 0.25) is 0 Å².